The van der Waals surface area contributed by atoms with Crippen LogP contribution in [0.4, 0.5) is 5.69 Å². The zero-order valence-corrected chi connectivity index (χ0v) is 23.9. The highest BCUT2D eigenvalue weighted by molar-refractivity contribution is 7.09. The fourth-order valence-electron chi connectivity index (χ4n) is 5.27. The van der Waals surface area contributed by atoms with Crippen LogP contribution in [0.15, 0.2) is 47.8 Å². The summed E-state index contributed by atoms with van der Waals surface area (Å²) < 4.78 is 2.17. The molecule has 4 aromatic rings. The maximum Gasteiger partial charge on any atom is 0.223 e. The molecule has 8 nitrogen and oxygen atoms in total. The lowest BCUT2D eigenvalue weighted by Gasteiger charge is -2.26. The molecule has 0 radical (unpaired) electrons. The molecule has 1 aliphatic rings. The first kappa shape index (κ1) is 26.9. The number of carbonyl (C=O) groups excluding carboxylic acids is 2. The minimum absolute atomic E-state index is 0.0394. The number of nitrogens with one attached hydrogen (secondary N) is 1. The van der Waals surface area contributed by atoms with Crippen LogP contribution in [0.1, 0.15) is 59.4 Å². The third-order valence-electron chi connectivity index (χ3n) is 7.36. The molecule has 5 rings (SSSR count). The minimum Gasteiger partial charge on any atom is -0.378 e. The smallest absolute Gasteiger partial charge is 0.223 e. The van der Waals surface area contributed by atoms with E-state index in [-0.39, 0.29) is 30.7 Å². The SMILES string of the molecule is Cc1ccc2c(c1)nc(C)n2Cc1csc(CNC(=O)CCC(=O)N2CCCC2c2cccc(N(C)C)c2)n1. The van der Waals surface area contributed by atoms with Gasteiger partial charge < -0.3 is 19.7 Å². The second-order valence-corrected chi connectivity index (χ2v) is 11.4. The molecule has 2 aromatic heterocycles. The van der Waals surface area contributed by atoms with E-state index in [9.17, 15) is 9.59 Å². The first-order valence-electron chi connectivity index (χ1n) is 13.5. The number of amides is 2. The average molecular weight is 545 g/mol. The Morgan fingerprint density at radius 2 is 1.95 bits per heavy atom. The van der Waals surface area contributed by atoms with Gasteiger partial charge in [0.25, 0.3) is 0 Å². The maximum absolute atomic E-state index is 13.0. The standard InChI is InChI=1S/C30H36N6O2S/c1-20-10-11-27-25(15-20)32-21(2)36(27)18-23-19-39-29(33-23)17-31-28(37)12-13-30(38)35-14-6-9-26(35)22-7-5-8-24(16-22)34(3)4/h5,7-8,10-11,15-16,19,26H,6,9,12-14,17-18H2,1-4H3,(H,31,37). The summed E-state index contributed by atoms with van der Waals surface area (Å²) in [6.45, 7) is 5.82. The number of fused-ring (bicyclic) bond motifs is 1. The van der Waals surface area contributed by atoms with Crippen LogP contribution < -0.4 is 10.2 Å². The molecular weight excluding hydrogens is 508 g/mol. The van der Waals surface area contributed by atoms with Crippen LogP contribution in [-0.4, -0.2) is 51.9 Å². The molecule has 1 aliphatic heterocycles. The van der Waals surface area contributed by atoms with Crippen molar-refractivity contribution < 1.29 is 9.59 Å². The van der Waals surface area contributed by atoms with Crippen LogP contribution in [0.2, 0.25) is 0 Å². The van der Waals surface area contributed by atoms with Gasteiger partial charge in [-0.05, 0) is 62.1 Å². The second-order valence-electron chi connectivity index (χ2n) is 10.5. The summed E-state index contributed by atoms with van der Waals surface area (Å²) in [6, 6.07) is 14.7. The minimum atomic E-state index is -0.128. The number of likely N-dealkylation sites (tertiary alicyclic amines) is 1. The molecule has 3 heterocycles. The van der Waals surface area contributed by atoms with Gasteiger partial charge >= 0.3 is 0 Å². The summed E-state index contributed by atoms with van der Waals surface area (Å²) in [7, 11) is 4.04. The third-order valence-corrected chi connectivity index (χ3v) is 8.26. The number of imidazole rings is 1. The van der Waals surface area contributed by atoms with Gasteiger partial charge in [0.2, 0.25) is 11.8 Å². The van der Waals surface area contributed by atoms with E-state index in [0.717, 1.165) is 58.2 Å². The van der Waals surface area contributed by atoms with Crippen LogP contribution in [-0.2, 0) is 22.7 Å². The van der Waals surface area contributed by atoms with Crippen molar-refractivity contribution in [3.63, 3.8) is 0 Å². The number of rotatable bonds is 9. The average Bonchev–Trinajstić information content (AvgIpc) is 3.65. The van der Waals surface area contributed by atoms with Gasteiger partial charge in [0.15, 0.2) is 0 Å². The van der Waals surface area contributed by atoms with Gasteiger partial charge in [-0.1, -0.05) is 18.2 Å². The molecule has 204 valence electrons. The number of aryl methyl sites for hydroxylation is 2. The van der Waals surface area contributed by atoms with Crippen molar-refractivity contribution >= 4 is 39.9 Å². The number of hydrogen-bond donors (Lipinski definition) is 1. The van der Waals surface area contributed by atoms with Gasteiger partial charge in [-0.3, -0.25) is 9.59 Å². The Hall–Kier alpha value is -3.72. The highest BCUT2D eigenvalue weighted by Crippen LogP contribution is 2.34. The molecule has 1 unspecified atom stereocenters. The van der Waals surface area contributed by atoms with Gasteiger partial charge in [-0.2, -0.15) is 0 Å². The predicted octanol–water partition coefficient (Wildman–Crippen LogP) is 4.98. The fourth-order valence-corrected chi connectivity index (χ4v) is 6.00. The van der Waals surface area contributed by atoms with Gasteiger partial charge in [0, 0.05) is 44.5 Å². The first-order chi connectivity index (χ1) is 18.8. The number of hydrogen-bond acceptors (Lipinski definition) is 6. The largest absolute Gasteiger partial charge is 0.378 e. The molecule has 0 aliphatic carbocycles. The highest BCUT2D eigenvalue weighted by atomic mass is 32.1. The predicted molar refractivity (Wildman–Crippen MR) is 156 cm³/mol. The molecule has 0 spiro atoms. The topological polar surface area (TPSA) is 83.4 Å². The number of nitrogens with zero attached hydrogens (tertiary/aromatic N) is 5. The third kappa shape index (κ3) is 6.14. The van der Waals surface area contributed by atoms with Crippen molar-refractivity contribution in [3.05, 3.63) is 75.5 Å². The summed E-state index contributed by atoms with van der Waals surface area (Å²) in [5.41, 5.74) is 6.50. The van der Waals surface area contributed by atoms with Crippen molar-refractivity contribution in [3.8, 4) is 0 Å². The Kier molecular flexibility index (Phi) is 7.97. The van der Waals surface area contributed by atoms with E-state index in [2.05, 4.69) is 63.1 Å². The van der Waals surface area contributed by atoms with E-state index in [0.29, 0.717) is 13.1 Å². The van der Waals surface area contributed by atoms with Crippen LogP contribution in [0.5, 0.6) is 0 Å². The fraction of sp³-hybridized carbons (Fsp3) is 0.400. The maximum atomic E-state index is 13.0. The number of thiazole rings is 1. The van der Waals surface area contributed by atoms with Crippen molar-refractivity contribution in [2.75, 3.05) is 25.5 Å². The summed E-state index contributed by atoms with van der Waals surface area (Å²) in [5, 5.41) is 5.82. The number of anilines is 1. The summed E-state index contributed by atoms with van der Waals surface area (Å²) >= 11 is 1.53. The van der Waals surface area contributed by atoms with Gasteiger partial charge in [0.05, 0.1) is 35.9 Å². The van der Waals surface area contributed by atoms with Crippen LogP contribution in [0.25, 0.3) is 11.0 Å². The molecule has 1 atom stereocenters. The van der Waals surface area contributed by atoms with E-state index >= 15 is 0 Å². The lowest BCUT2D eigenvalue weighted by atomic mass is 10.0. The summed E-state index contributed by atoms with van der Waals surface area (Å²) in [5.74, 6) is 0.864. The second kappa shape index (κ2) is 11.6. The molecular formula is C30H36N6O2S. The number of aromatic nitrogens is 3. The van der Waals surface area contributed by atoms with Crippen LogP contribution >= 0.6 is 11.3 Å². The summed E-state index contributed by atoms with van der Waals surface area (Å²) in [4.78, 5) is 39.0. The monoisotopic (exact) mass is 544 g/mol. The molecule has 1 saturated heterocycles. The summed E-state index contributed by atoms with van der Waals surface area (Å²) in [6.07, 6.45) is 2.33. The Labute approximate surface area is 233 Å². The van der Waals surface area contributed by atoms with E-state index < -0.39 is 0 Å². The van der Waals surface area contributed by atoms with Crippen LogP contribution in [0.3, 0.4) is 0 Å². The van der Waals surface area contributed by atoms with Crippen molar-refractivity contribution in [1.82, 2.24) is 24.8 Å². The van der Waals surface area contributed by atoms with Gasteiger partial charge in [-0.15, -0.1) is 11.3 Å². The van der Waals surface area contributed by atoms with E-state index in [1.54, 1.807) is 0 Å². The zero-order valence-electron chi connectivity index (χ0n) is 23.1. The van der Waals surface area contributed by atoms with Crippen molar-refractivity contribution in [2.24, 2.45) is 0 Å². The van der Waals surface area contributed by atoms with Gasteiger partial charge in [0.1, 0.15) is 10.8 Å². The lowest BCUT2D eigenvalue weighted by Crippen LogP contribution is -2.32. The van der Waals surface area contributed by atoms with E-state index in [4.69, 9.17) is 4.98 Å². The quantitative estimate of drug-likeness (QED) is 0.321. The van der Waals surface area contributed by atoms with Gasteiger partial charge in [-0.25, -0.2) is 9.97 Å². The molecule has 39 heavy (non-hydrogen) atoms. The zero-order chi connectivity index (χ0) is 27.5. The number of benzene rings is 2. The van der Waals surface area contributed by atoms with E-state index in [1.807, 2.05) is 37.4 Å². The molecule has 1 fully saturated rings. The first-order valence-corrected chi connectivity index (χ1v) is 14.4. The normalized spacial score (nSPS) is 15.2. The van der Waals surface area contributed by atoms with Crippen molar-refractivity contribution in [2.45, 2.75) is 58.7 Å². The number of carbonyl (C=O) groups is 2. The molecule has 9 heteroatoms. The molecule has 1 N–H and O–H groups in total. The lowest BCUT2D eigenvalue weighted by molar-refractivity contribution is -0.134. The van der Waals surface area contributed by atoms with Crippen molar-refractivity contribution in [1.29, 1.82) is 0 Å². The molecule has 0 bridgehead atoms. The Morgan fingerprint density at radius 3 is 2.77 bits per heavy atom. The Bertz CT molecular complexity index is 1490. The van der Waals surface area contributed by atoms with E-state index in [1.165, 1.54) is 16.9 Å². The Morgan fingerprint density at radius 1 is 1.10 bits per heavy atom. The van der Waals surface area contributed by atoms with Crippen LogP contribution in [0, 0.1) is 13.8 Å². The molecule has 2 aromatic carbocycles. The molecule has 2 amide bonds. The molecule has 0 saturated carbocycles. The Balaban J connectivity index is 1.12. The highest BCUT2D eigenvalue weighted by Gasteiger charge is 2.30.